The molecule has 0 fully saturated rings. The van der Waals surface area contributed by atoms with E-state index in [0.29, 0.717) is 109 Å². The topological polar surface area (TPSA) is 220 Å². The second-order valence-corrected chi connectivity index (χ2v) is 23.0. The van der Waals surface area contributed by atoms with Gasteiger partial charge in [-0.1, -0.05) is 13.2 Å². The molecule has 0 radical (unpaired) electrons. The van der Waals surface area contributed by atoms with Crippen molar-refractivity contribution in [1.29, 1.82) is 0 Å². The maximum absolute atomic E-state index is 13.0. The fraction of sp³-hybridized carbons (Fsp3) is 0.811. The van der Waals surface area contributed by atoms with Crippen molar-refractivity contribution >= 4 is 57.6 Å². The quantitative estimate of drug-likeness (QED) is 0.0240. The van der Waals surface area contributed by atoms with Crippen LogP contribution >= 0.6 is 21.7 Å². The third-order valence-corrected chi connectivity index (χ3v) is 16.4. The molecule has 0 atom stereocenters. The van der Waals surface area contributed by atoms with Gasteiger partial charge in [0.2, 0.25) is 0 Å². The van der Waals surface area contributed by atoms with Gasteiger partial charge in [0.15, 0.2) is 0 Å². The van der Waals surface area contributed by atoms with Crippen molar-refractivity contribution in [2.75, 3.05) is 117 Å². The van der Waals surface area contributed by atoms with Crippen molar-refractivity contribution in [2.24, 2.45) is 0 Å². The molecule has 0 spiro atoms. The molecule has 0 aromatic rings. The minimum atomic E-state index is -2.24. The lowest BCUT2D eigenvalue weighted by Gasteiger charge is -2.41. The molecule has 0 rings (SSSR count). The molecule has 20 nitrogen and oxygen atoms in total. The largest absolute Gasteiger partial charge is 0.466 e. The predicted octanol–water partition coefficient (Wildman–Crippen LogP) is 9.17. The van der Waals surface area contributed by atoms with Crippen LogP contribution < -0.4 is 0 Å². The van der Waals surface area contributed by atoms with Crippen molar-refractivity contribution in [3.63, 3.8) is 0 Å². The number of carbonyl (C=O) groups is 6. The van der Waals surface area contributed by atoms with E-state index in [4.69, 9.17) is 53.5 Å². The van der Waals surface area contributed by atoms with Crippen molar-refractivity contribution < 1.29 is 82.3 Å². The van der Waals surface area contributed by atoms with Gasteiger partial charge < -0.3 is 28.4 Å². The van der Waals surface area contributed by atoms with Gasteiger partial charge in [-0.3, -0.25) is 54.1 Å². The molecule has 0 aliphatic carbocycles. The highest BCUT2D eigenvalue weighted by atomic mass is 32.3. The van der Waals surface area contributed by atoms with Gasteiger partial charge in [-0.25, -0.2) is 9.59 Å². The Bertz CT molecular complexity index is 1650. The summed E-state index contributed by atoms with van der Waals surface area (Å²) in [7, 11) is -4.47. The summed E-state index contributed by atoms with van der Waals surface area (Å²) in [4.78, 5) is 79.2. The van der Waals surface area contributed by atoms with Crippen LogP contribution in [0.5, 0.6) is 0 Å². The minimum absolute atomic E-state index is 0.0194. The number of unbranched alkanes of at least 4 members (excludes halogenated alkanes) is 3. The molecule has 0 amide bonds. The fourth-order valence-corrected chi connectivity index (χ4v) is 11.7. The number of carbonyl (C=O) groups excluding carboxylic acids is 6. The molecule has 0 unspecified atom stereocenters. The Labute approximate surface area is 454 Å². The van der Waals surface area contributed by atoms with E-state index in [1.165, 1.54) is 13.8 Å². The van der Waals surface area contributed by atoms with Crippen LogP contribution in [-0.4, -0.2) is 174 Å². The third-order valence-electron chi connectivity index (χ3n) is 11.3. The molecule has 0 saturated heterocycles. The standard InChI is InChI=1S/C53H98N2O18S2/c1-15-68-74(69-16-2,70-17-3)41-25-31-54(33-28-48(58)64-37-39-66-50(60)44(7)8)52(11,12)30-27-46(56)62-35-23-21-22-24-36-63-47(57)29-34-55(32-26-42-75(71-18-4,72-19-5)73-20-6)53(13,14)43-49(59)65-38-40-67-51(61)45(9)10/h7,9,15-43H2,1-6,8,10-14H3. The molecule has 0 heterocycles. The Hall–Kier alpha value is -3.32. The molecule has 0 aromatic carbocycles. The lowest BCUT2D eigenvalue weighted by molar-refractivity contribution is -0.152. The van der Waals surface area contributed by atoms with Crippen LogP contribution in [0.2, 0.25) is 0 Å². The molecule has 0 aliphatic rings. The van der Waals surface area contributed by atoms with Crippen LogP contribution in [0.25, 0.3) is 0 Å². The first-order chi connectivity index (χ1) is 35.5. The Morgan fingerprint density at radius 3 is 1.08 bits per heavy atom. The zero-order chi connectivity index (χ0) is 56.8. The number of rotatable bonds is 48. The summed E-state index contributed by atoms with van der Waals surface area (Å²) < 4.78 is 67.9. The van der Waals surface area contributed by atoms with Gasteiger partial charge in [-0.05, 0) is 141 Å². The summed E-state index contributed by atoms with van der Waals surface area (Å²) in [5.41, 5.74) is -0.715. The number of nitrogens with zero attached hydrogens (tertiary/aromatic N) is 2. The van der Waals surface area contributed by atoms with E-state index in [-0.39, 0.29) is 88.4 Å². The zero-order valence-electron chi connectivity index (χ0n) is 48.0. The van der Waals surface area contributed by atoms with Gasteiger partial charge in [0.1, 0.15) is 26.4 Å². The average Bonchev–Trinajstić information content (AvgIpc) is 3.34. The molecular weight excluding hydrogens is 1020 g/mol. The fourth-order valence-electron chi connectivity index (χ4n) is 7.44. The summed E-state index contributed by atoms with van der Waals surface area (Å²) in [6.45, 7) is 33.9. The normalized spacial score (nSPS) is 12.6. The van der Waals surface area contributed by atoms with E-state index in [1.807, 2.05) is 69.2 Å². The van der Waals surface area contributed by atoms with E-state index in [2.05, 4.69) is 23.0 Å². The molecule has 0 aromatic heterocycles. The maximum Gasteiger partial charge on any atom is 0.333 e. The van der Waals surface area contributed by atoms with Crippen molar-refractivity contribution in [1.82, 2.24) is 9.80 Å². The van der Waals surface area contributed by atoms with E-state index in [9.17, 15) is 28.8 Å². The lowest BCUT2D eigenvalue weighted by Crippen LogP contribution is -2.47. The highest BCUT2D eigenvalue weighted by Gasteiger charge is 2.34. The molecule has 440 valence electrons. The SMILES string of the molecule is C=C(C)C(=O)OCCOC(=O)CCN(CCCS(OCC)(OCC)OCC)C(C)(C)CCC(=O)OCCCCCCOC(=O)CCN(CCCS(OCC)(OCC)OCC)C(C)(C)CC(=O)OCCOC(=O)C(=C)C. The monoisotopic (exact) mass is 1110 g/mol. The average molecular weight is 1120 g/mol. The second kappa shape index (κ2) is 40.8. The van der Waals surface area contributed by atoms with Gasteiger partial charge in [-0.2, -0.15) is 0 Å². The first-order valence-corrected chi connectivity index (χ1v) is 29.9. The summed E-state index contributed by atoms with van der Waals surface area (Å²) in [5, 5.41) is 0. The van der Waals surface area contributed by atoms with Gasteiger partial charge in [0.25, 0.3) is 0 Å². The molecular formula is C53H98N2O18S2. The lowest BCUT2D eigenvalue weighted by atomic mass is 9.95. The highest BCUT2D eigenvalue weighted by molar-refractivity contribution is 8.22. The van der Waals surface area contributed by atoms with Gasteiger partial charge in [0, 0.05) is 53.2 Å². The van der Waals surface area contributed by atoms with Crippen LogP contribution in [0.4, 0.5) is 0 Å². The Kier molecular flexibility index (Phi) is 39.0. The highest BCUT2D eigenvalue weighted by Crippen LogP contribution is 2.53. The maximum atomic E-state index is 13.0. The van der Waals surface area contributed by atoms with Crippen LogP contribution in [0.1, 0.15) is 154 Å². The molecule has 75 heavy (non-hydrogen) atoms. The Morgan fingerprint density at radius 1 is 0.400 bits per heavy atom. The summed E-state index contributed by atoms with van der Waals surface area (Å²) in [6.07, 6.45) is 4.93. The number of ether oxygens (including phenoxy) is 6. The first kappa shape index (κ1) is 71.7. The third kappa shape index (κ3) is 32.9. The molecule has 0 saturated carbocycles. The minimum Gasteiger partial charge on any atom is -0.466 e. The van der Waals surface area contributed by atoms with Gasteiger partial charge >= 0.3 is 35.8 Å². The summed E-state index contributed by atoms with van der Waals surface area (Å²) >= 11 is 0. The van der Waals surface area contributed by atoms with Crippen molar-refractivity contribution in [3.8, 4) is 0 Å². The second-order valence-electron chi connectivity index (χ2n) is 18.6. The van der Waals surface area contributed by atoms with Crippen LogP contribution in [0, 0.1) is 0 Å². The Morgan fingerprint density at radius 2 is 0.720 bits per heavy atom. The smallest absolute Gasteiger partial charge is 0.333 e. The van der Waals surface area contributed by atoms with Crippen LogP contribution in [-0.2, 0) is 82.3 Å². The van der Waals surface area contributed by atoms with Crippen LogP contribution in [0.15, 0.2) is 24.3 Å². The van der Waals surface area contributed by atoms with E-state index >= 15 is 0 Å². The van der Waals surface area contributed by atoms with E-state index in [0.717, 1.165) is 12.8 Å². The van der Waals surface area contributed by atoms with Crippen LogP contribution in [0.3, 0.4) is 0 Å². The summed E-state index contributed by atoms with van der Waals surface area (Å²) in [6, 6.07) is 0. The summed E-state index contributed by atoms with van der Waals surface area (Å²) in [5.74, 6) is -1.67. The number of hydrogen-bond acceptors (Lipinski definition) is 20. The van der Waals surface area contributed by atoms with E-state index < -0.39 is 56.7 Å². The van der Waals surface area contributed by atoms with Gasteiger partial charge in [-0.15, -0.1) is 0 Å². The van der Waals surface area contributed by atoms with Gasteiger partial charge in [0.05, 0.1) is 93.9 Å². The van der Waals surface area contributed by atoms with Crippen molar-refractivity contribution in [3.05, 3.63) is 24.3 Å². The molecule has 0 N–H and O–H groups in total. The number of hydrogen-bond donors (Lipinski definition) is 0. The number of esters is 6. The van der Waals surface area contributed by atoms with E-state index in [1.54, 1.807) is 0 Å². The predicted molar refractivity (Wildman–Crippen MR) is 292 cm³/mol. The van der Waals surface area contributed by atoms with Crippen molar-refractivity contribution in [2.45, 2.75) is 165 Å². The molecule has 0 bridgehead atoms. The first-order valence-electron chi connectivity index (χ1n) is 26.8. The Balaban J connectivity index is 5.27. The zero-order valence-corrected chi connectivity index (χ0v) is 49.6. The molecule has 0 aliphatic heterocycles. The molecule has 22 heteroatoms.